The first-order chi connectivity index (χ1) is 16.9. The van der Waals surface area contributed by atoms with Crippen LogP contribution in [0.25, 0.3) is 22.3 Å². The van der Waals surface area contributed by atoms with E-state index in [-0.39, 0.29) is 18.1 Å². The van der Waals surface area contributed by atoms with Crippen molar-refractivity contribution >= 4 is 16.9 Å². The molecule has 35 heavy (non-hydrogen) atoms. The van der Waals surface area contributed by atoms with E-state index in [9.17, 15) is 14.7 Å². The highest BCUT2D eigenvalue weighted by Crippen LogP contribution is 2.37. The number of carbonyl (C=O) groups is 1. The number of fused-ring (bicyclic) bond motifs is 2. The van der Waals surface area contributed by atoms with E-state index in [4.69, 9.17) is 13.9 Å². The molecule has 0 radical (unpaired) electrons. The molecule has 1 aliphatic heterocycles. The van der Waals surface area contributed by atoms with Crippen LogP contribution in [-0.4, -0.2) is 17.9 Å². The molecule has 1 aliphatic rings. The maximum absolute atomic E-state index is 13.1. The van der Waals surface area contributed by atoms with Crippen molar-refractivity contribution in [1.29, 1.82) is 0 Å². The number of rotatable bonds is 7. The van der Waals surface area contributed by atoms with Crippen molar-refractivity contribution < 1.29 is 23.8 Å². The van der Waals surface area contributed by atoms with Crippen LogP contribution in [0.1, 0.15) is 52.7 Å². The fourth-order valence-electron chi connectivity index (χ4n) is 4.69. The van der Waals surface area contributed by atoms with Crippen LogP contribution in [-0.2, 0) is 6.42 Å². The molecule has 3 aromatic carbocycles. The van der Waals surface area contributed by atoms with Gasteiger partial charge in [0.15, 0.2) is 16.9 Å². The molecule has 1 aromatic heterocycles. The van der Waals surface area contributed by atoms with Gasteiger partial charge < -0.3 is 19.0 Å². The van der Waals surface area contributed by atoms with E-state index in [1.54, 1.807) is 12.1 Å². The van der Waals surface area contributed by atoms with Gasteiger partial charge in [-0.2, -0.15) is 0 Å². The Bertz CT molecular complexity index is 1480. The van der Waals surface area contributed by atoms with E-state index in [1.807, 2.05) is 43.3 Å². The molecule has 0 saturated heterocycles. The fraction of sp³-hybridized carbons (Fsp3) is 0.241. The zero-order valence-corrected chi connectivity index (χ0v) is 19.7. The minimum absolute atomic E-state index is 0.0912. The Labute approximate surface area is 202 Å². The molecule has 0 fully saturated rings. The van der Waals surface area contributed by atoms with Crippen LogP contribution < -0.4 is 14.9 Å². The maximum atomic E-state index is 13.1. The summed E-state index contributed by atoms with van der Waals surface area (Å²) in [5.74, 6) is 0.991. The van der Waals surface area contributed by atoms with E-state index in [0.29, 0.717) is 40.2 Å². The third-order valence-corrected chi connectivity index (χ3v) is 6.52. The Morgan fingerprint density at radius 1 is 1.03 bits per heavy atom. The summed E-state index contributed by atoms with van der Waals surface area (Å²) in [6.45, 7) is 4.27. The molecule has 0 amide bonds. The first kappa shape index (κ1) is 22.7. The van der Waals surface area contributed by atoms with Crippen molar-refractivity contribution in [2.45, 2.75) is 39.0 Å². The first-order valence-corrected chi connectivity index (χ1v) is 11.7. The molecule has 1 unspecified atom stereocenters. The van der Waals surface area contributed by atoms with Crippen molar-refractivity contribution in [3.8, 4) is 22.8 Å². The molecule has 1 atom stereocenters. The number of aryl methyl sites for hydroxylation is 2. The first-order valence-electron chi connectivity index (χ1n) is 11.7. The lowest BCUT2D eigenvalue weighted by molar-refractivity contribution is 0.0695. The zero-order chi connectivity index (χ0) is 24.5. The number of ether oxygens (including phenoxy) is 2. The van der Waals surface area contributed by atoms with E-state index in [0.717, 1.165) is 35.1 Å². The zero-order valence-electron chi connectivity index (χ0n) is 19.7. The summed E-state index contributed by atoms with van der Waals surface area (Å²) in [4.78, 5) is 24.6. The molecule has 4 aromatic rings. The topological polar surface area (TPSA) is 86.0 Å². The van der Waals surface area contributed by atoms with Gasteiger partial charge in [0.25, 0.3) is 0 Å². The molecule has 6 heteroatoms. The molecule has 2 heterocycles. The molecule has 0 saturated carbocycles. The predicted molar refractivity (Wildman–Crippen MR) is 134 cm³/mol. The summed E-state index contributed by atoms with van der Waals surface area (Å²) in [6.07, 6.45) is 2.31. The van der Waals surface area contributed by atoms with Crippen LogP contribution in [0.2, 0.25) is 0 Å². The Morgan fingerprint density at radius 2 is 1.83 bits per heavy atom. The lowest BCUT2D eigenvalue weighted by Crippen LogP contribution is -2.06. The van der Waals surface area contributed by atoms with E-state index < -0.39 is 5.97 Å². The highest BCUT2D eigenvalue weighted by atomic mass is 16.7. The highest BCUT2D eigenvalue weighted by molar-refractivity contribution is 5.89. The Balaban J connectivity index is 1.45. The van der Waals surface area contributed by atoms with Crippen LogP contribution >= 0.6 is 0 Å². The van der Waals surface area contributed by atoms with Crippen molar-refractivity contribution in [1.82, 2.24) is 0 Å². The van der Waals surface area contributed by atoms with Gasteiger partial charge in [-0.1, -0.05) is 31.2 Å². The Hall–Kier alpha value is -4.06. The average Bonchev–Trinajstić information content (AvgIpc) is 3.32. The van der Waals surface area contributed by atoms with Crippen LogP contribution in [0.4, 0.5) is 0 Å². The molecule has 6 nitrogen and oxygen atoms in total. The van der Waals surface area contributed by atoms with Crippen LogP contribution in [0.15, 0.2) is 69.9 Å². The van der Waals surface area contributed by atoms with Gasteiger partial charge >= 0.3 is 5.97 Å². The second-order valence-electron chi connectivity index (χ2n) is 9.03. The lowest BCUT2D eigenvalue weighted by atomic mass is 9.91. The molecule has 0 bridgehead atoms. The summed E-state index contributed by atoms with van der Waals surface area (Å²) in [7, 11) is 0. The van der Waals surface area contributed by atoms with Gasteiger partial charge in [-0.15, -0.1) is 0 Å². The Kier molecular flexibility index (Phi) is 6.03. The smallest absolute Gasteiger partial charge is 0.335 e. The molecule has 0 spiro atoms. The van der Waals surface area contributed by atoms with Gasteiger partial charge in [-0.25, -0.2) is 4.79 Å². The predicted octanol–water partition coefficient (Wildman–Crippen LogP) is 6.32. The SMILES string of the molecule is Cc1cc(C(C)CCCc2ccccc2C(=O)O)c2oc(-c3ccc4c(c3)OCO4)cc(=O)c2c1. The lowest BCUT2D eigenvalue weighted by Gasteiger charge is -2.16. The second-order valence-corrected chi connectivity index (χ2v) is 9.03. The third kappa shape index (κ3) is 4.52. The van der Waals surface area contributed by atoms with Gasteiger partial charge in [0.05, 0.1) is 10.9 Å². The summed E-state index contributed by atoms with van der Waals surface area (Å²) in [6, 6.07) is 18.1. The minimum Gasteiger partial charge on any atom is -0.478 e. The number of hydrogen-bond acceptors (Lipinski definition) is 5. The van der Waals surface area contributed by atoms with Crippen molar-refractivity contribution in [2.75, 3.05) is 6.79 Å². The van der Waals surface area contributed by atoms with Crippen LogP contribution in [0.3, 0.4) is 0 Å². The number of benzene rings is 3. The number of carboxylic acid groups (broad SMARTS) is 1. The minimum atomic E-state index is -0.906. The van der Waals surface area contributed by atoms with Gasteiger partial charge in [0, 0.05) is 11.6 Å². The van der Waals surface area contributed by atoms with Crippen molar-refractivity contribution in [3.05, 3.63) is 93.1 Å². The largest absolute Gasteiger partial charge is 0.478 e. The maximum Gasteiger partial charge on any atom is 0.335 e. The molecule has 178 valence electrons. The van der Waals surface area contributed by atoms with Crippen molar-refractivity contribution in [2.24, 2.45) is 0 Å². The molecule has 5 rings (SSSR count). The summed E-state index contributed by atoms with van der Waals surface area (Å²) < 4.78 is 17.2. The second kappa shape index (κ2) is 9.29. The molecular weight excluding hydrogens is 444 g/mol. The van der Waals surface area contributed by atoms with Crippen molar-refractivity contribution in [3.63, 3.8) is 0 Å². The number of carboxylic acids is 1. The summed E-state index contributed by atoms with van der Waals surface area (Å²) in [5, 5.41) is 10.0. The van der Waals surface area contributed by atoms with Gasteiger partial charge in [0.1, 0.15) is 11.3 Å². The van der Waals surface area contributed by atoms with E-state index in [1.165, 1.54) is 6.07 Å². The van der Waals surface area contributed by atoms with Gasteiger partial charge in [-0.05, 0) is 79.1 Å². The quantitative estimate of drug-likeness (QED) is 0.340. The number of hydrogen-bond donors (Lipinski definition) is 1. The van der Waals surface area contributed by atoms with E-state index >= 15 is 0 Å². The standard InChI is InChI=1S/C29H26O6/c1-17-12-22(18(2)6-5-8-19-7-3-4-9-21(19)29(31)32)28-23(13-17)24(30)15-26(35-28)20-10-11-25-27(14-20)34-16-33-25/h3-4,7,9-15,18H,5-6,8,16H2,1-2H3,(H,31,32). The van der Waals surface area contributed by atoms with Gasteiger partial charge in [0.2, 0.25) is 6.79 Å². The summed E-state index contributed by atoms with van der Waals surface area (Å²) >= 11 is 0. The van der Waals surface area contributed by atoms with E-state index in [2.05, 4.69) is 13.0 Å². The average molecular weight is 471 g/mol. The summed E-state index contributed by atoms with van der Waals surface area (Å²) in [5.41, 5.74) is 4.40. The molecular formula is C29H26O6. The van der Waals surface area contributed by atoms with Crippen LogP contribution in [0.5, 0.6) is 11.5 Å². The third-order valence-electron chi connectivity index (χ3n) is 6.52. The molecule has 0 aliphatic carbocycles. The fourth-order valence-corrected chi connectivity index (χ4v) is 4.69. The Morgan fingerprint density at radius 3 is 2.66 bits per heavy atom. The number of aromatic carboxylic acids is 1. The monoisotopic (exact) mass is 470 g/mol. The molecule has 1 N–H and O–H groups in total. The highest BCUT2D eigenvalue weighted by Gasteiger charge is 2.19. The van der Waals surface area contributed by atoms with Gasteiger partial charge in [-0.3, -0.25) is 4.79 Å². The normalized spacial score (nSPS) is 13.2. The van der Waals surface area contributed by atoms with Crippen LogP contribution in [0, 0.1) is 6.92 Å².